The van der Waals surface area contributed by atoms with Gasteiger partial charge in [0.05, 0.1) is 5.56 Å². The van der Waals surface area contributed by atoms with E-state index < -0.39 is 17.3 Å². The summed E-state index contributed by atoms with van der Waals surface area (Å²) in [4.78, 5) is 3.65. The summed E-state index contributed by atoms with van der Waals surface area (Å²) in [5, 5.41) is 12.9. The highest BCUT2D eigenvalue weighted by Gasteiger charge is 2.38. The maximum atomic E-state index is 12.7. The molecule has 6 heteroatoms. The van der Waals surface area contributed by atoms with Crippen LogP contribution in [0.5, 0.6) is 0 Å². The summed E-state index contributed by atoms with van der Waals surface area (Å²) in [7, 11) is 0. The van der Waals surface area contributed by atoms with E-state index in [1.54, 1.807) is 0 Å². The summed E-state index contributed by atoms with van der Waals surface area (Å²) in [5.41, 5.74) is -2.67. The van der Waals surface area contributed by atoms with Crippen LogP contribution in [-0.4, -0.2) is 23.2 Å². The van der Waals surface area contributed by atoms with Crippen molar-refractivity contribution in [2.45, 2.75) is 25.6 Å². The molecule has 0 aromatic carbocycles. The SMILES string of the molecule is CCNCC(C)(O)c1cnccc1C(F)(F)F. The highest BCUT2D eigenvalue weighted by Crippen LogP contribution is 2.35. The van der Waals surface area contributed by atoms with Crippen LogP contribution in [0.4, 0.5) is 13.2 Å². The van der Waals surface area contributed by atoms with E-state index in [2.05, 4.69) is 10.3 Å². The fourth-order valence-electron chi connectivity index (χ4n) is 1.53. The Bertz CT molecular complexity index is 377. The number of rotatable bonds is 4. The first-order valence-corrected chi connectivity index (χ1v) is 5.24. The van der Waals surface area contributed by atoms with E-state index in [0.717, 1.165) is 18.5 Å². The molecule has 0 radical (unpaired) electrons. The maximum Gasteiger partial charge on any atom is 0.416 e. The monoisotopic (exact) mass is 248 g/mol. The lowest BCUT2D eigenvalue weighted by Gasteiger charge is -2.26. The molecule has 1 heterocycles. The first-order valence-electron chi connectivity index (χ1n) is 5.24. The Balaban J connectivity index is 3.13. The van der Waals surface area contributed by atoms with Crippen LogP contribution < -0.4 is 5.32 Å². The van der Waals surface area contributed by atoms with E-state index in [1.807, 2.05) is 6.92 Å². The number of nitrogens with zero attached hydrogens (tertiary/aromatic N) is 1. The Labute approximate surface area is 97.7 Å². The molecule has 0 saturated carbocycles. The number of hydrogen-bond acceptors (Lipinski definition) is 3. The minimum Gasteiger partial charge on any atom is -0.384 e. The molecule has 0 fully saturated rings. The van der Waals surface area contributed by atoms with Crippen LogP contribution in [0.3, 0.4) is 0 Å². The third-order valence-corrected chi connectivity index (χ3v) is 2.43. The summed E-state index contributed by atoms with van der Waals surface area (Å²) in [5.74, 6) is 0. The second kappa shape index (κ2) is 5.01. The van der Waals surface area contributed by atoms with Crippen molar-refractivity contribution in [3.05, 3.63) is 29.6 Å². The summed E-state index contributed by atoms with van der Waals surface area (Å²) < 4.78 is 38.2. The number of pyridine rings is 1. The number of likely N-dealkylation sites (N-methyl/N-ethyl adjacent to an activating group) is 1. The molecule has 0 spiro atoms. The van der Waals surface area contributed by atoms with Crippen LogP contribution in [0.15, 0.2) is 18.5 Å². The van der Waals surface area contributed by atoms with Gasteiger partial charge in [0.25, 0.3) is 0 Å². The lowest BCUT2D eigenvalue weighted by Crippen LogP contribution is -2.37. The second-order valence-corrected chi connectivity index (χ2v) is 3.97. The van der Waals surface area contributed by atoms with Crippen LogP contribution in [-0.2, 0) is 11.8 Å². The zero-order valence-corrected chi connectivity index (χ0v) is 9.67. The van der Waals surface area contributed by atoms with Crippen LogP contribution >= 0.6 is 0 Å². The summed E-state index contributed by atoms with van der Waals surface area (Å²) >= 11 is 0. The molecule has 3 nitrogen and oxygen atoms in total. The first-order chi connectivity index (χ1) is 7.79. The van der Waals surface area contributed by atoms with Crippen molar-refractivity contribution in [3.63, 3.8) is 0 Å². The molecule has 0 aliphatic heterocycles. The van der Waals surface area contributed by atoms with E-state index in [9.17, 15) is 18.3 Å². The van der Waals surface area contributed by atoms with E-state index in [4.69, 9.17) is 0 Å². The highest BCUT2D eigenvalue weighted by atomic mass is 19.4. The van der Waals surface area contributed by atoms with Gasteiger partial charge in [0.1, 0.15) is 5.60 Å². The fraction of sp³-hybridized carbons (Fsp3) is 0.545. The molecule has 1 aromatic heterocycles. The number of hydrogen-bond donors (Lipinski definition) is 2. The van der Waals surface area contributed by atoms with Gasteiger partial charge in [-0.2, -0.15) is 13.2 Å². The molecular weight excluding hydrogens is 233 g/mol. The Morgan fingerprint density at radius 3 is 2.53 bits per heavy atom. The van der Waals surface area contributed by atoms with Crippen molar-refractivity contribution >= 4 is 0 Å². The van der Waals surface area contributed by atoms with Gasteiger partial charge in [-0.25, -0.2) is 0 Å². The molecule has 1 rings (SSSR count). The number of halogens is 3. The molecule has 0 amide bonds. The predicted octanol–water partition coefficient (Wildman–Crippen LogP) is 1.92. The summed E-state index contributed by atoms with van der Waals surface area (Å²) in [6, 6.07) is 0.871. The molecule has 17 heavy (non-hydrogen) atoms. The van der Waals surface area contributed by atoms with Gasteiger partial charge in [-0.05, 0) is 19.5 Å². The quantitative estimate of drug-likeness (QED) is 0.855. The zero-order valence-electron chi connectivity index (χ0n) is 9.67. The lowest BCUT2D eigenvalue weighted by molar-refractivity contribution is -0.140. The number of aromatic nitrogens is 1. The Morgan fingerprint density at radius 1 is 1.35 bits per heavy atom. The topological polar surface area (TPSA) is 45.1 Å². The second-order valence-electron chi connectivity index (χ2n) is 3.97. The third-order valence-electron chi connectivity index (χ3n) is 2.43. The molecule has 0 saturated heterocycles. The summed E-state index contributed by atoms with van der Waals surface area (Å²) in [6.07, 6.45) is -2.37. The number of alkyl halides is 3. The average molecular weight is 248 g/mol. The van der Waals surface area contributed by atoms with E-state index >= 15 is 0 Å². The van der Waals surface area contributed by atoms with E-state index in [1.165, 1.54) is 6.92 Å². The van der Waals surface area contributed by atoms with Gasteiger partial charge in [0.15, 0.2) is 0 Å². The molecule has 0 aliphatic carbocycles. The number of nitrogens with one attached hydrogen (secondary N) is 1. The van der Waals surface area contributed by atoms with Gasteiger partial charge in [-0.15, -0.1) is 0 Å². The normalized spacial score (nSPS) is 15.6. The largest absolute Gasteiger partial charge is 0.416 e. The molecule has 2 N–H and O–H groups in total. The zero-order chi connectivity index (χ0) is 13.1. The summed E-state index contributed by atoms with van der Waals surface area (Å²) in [6.45, 7) is 3.75. The van der Waals surface area contributed by atoms with Gasteiger partial charge < -0.3 is 10.4 Å². The Morgan fingerprint density at radius 2 is 2.00 bits per heavy atom. The van der Waals surface area contributed by atoms with Gasteiger partial charge in [0, 0.05) is 24.5 Å². The van der Waals surface area contributed by atoms with E-state index in [0.29, 0.717) is 6.54 Å². The van der Waals surface area contributed by atoms with Crippen molar-refractivity contribution in [3.8, 4) is 0 Å². The van der Waals surface area contributed by atoms with Crippen molar-refractivity contribution in [2.24, 2.45) is 0 Å². The number of aliphatic hydroxyl groups is 1. The minimum absolute atomic E-state index is 0.0400. The molecule has 96 valence electrons. The van der Waals surface area contributed by atoms with Crippen molar-refractivity contribution < 1.29 is 18.3 Å². The Kier molecular flexibility index (Phi) is 4.11. The molecule has 0 aliphatic rings. The van der Waals surface area contributed by atoms with Crippen molar-refractivity contribution in [1.29, 1.82) is 0 Å². The highest BCUT2D eigenvalue weighted by molar-refractivity contribution is 5.31. The third kappa shape index (κ3) is 3.41. The lowest BCUT2D eigenvalue weighted by atomic mass is 9.93. The fourth-order valence-corrected chi connectivity index (χ4v) is 1.53. The minimum atomic E-state index is -4.49. The van der Waals surface area contributed by atoms with Crippen molar-refractivity contribution in [1.82, 2.24) is 10.3 Å². The van der Waals surface area contributed by atoms with Crippen LogP contribution in [0, 0.1) is 0 Å². The first kappa shape index (κ1) is 13.9. The maximum absolute atomic E-state index is 12.7. The molecule has 1 unspecified atom stereocenters. The Hall–Kier alpha value is -1.14. The van der Waals surface area contributed by atoms with Crippen molar-refractivity contribution in [2.75, 3.05) is 13.1 Å². The molecular formula is C11H15F3N2O. The molecule has 1 aromatic rings. The van der Waals surface area contributed by atoms with Crippen LogP contribution in [0.25, 0.3) is 0 Å². The predicted molar refractivity (Wildman–Crippen MR) is 57.4 cm³/mol. The van der Waals surface area contributed by atoms with Crippen LogP contribution in [0.2, 0.25) is 0 Å². The van der Waals surface area contributed by atoms with Crippen LogP contribution in [0.1, 0.15) is 25.0 Å². The van der Waals surface area contributed by atoms with Gasteiger partial charge >= 0.3 is 6.18 Å². The smallest absolute Gasteiger partial charge is 0.384 e. The standard InChI is InChI=1S/C11H15F3N2O/c1-3-15-7-10(2,17)9-6-16-5-4-8(9)11(12,13)14/h4-6,15,17H,3,7H2,1-2H3. The van der Waals surface area contributed by atoms with Gasteiger partial charge in [-0.1, -0.05) is 6.92 Å². The van der Waals surface area contributed by atoms with E-state index in [-0.39, 0.29) is 12.1 Å². The average Bonchev–Trinajstić information content (AvgIpc) is 2.25. The van der Waals surface area contributed by atoms with Gasteiger partial charge in [-0.3, -0.25) is 4.98 Å². The molecule has 1 atom stereocenters. The molecule has 0 bridgehead atoms. The van der Waals surface area contributed by atoms with Gasteiger partial charge in [0.2, 0.25) is 0 Å².